The molecular weight excluding hydrogens is 230 g/mol. The van der Waals surface area contributed by atoms with E-state index in [-0.39, 0.29) is 0 Å². The second-order valence-electron chi connectivity index (χ2n) is 5.24. The highest BCUT2D eigenvalue weighted by Gasteiger charge is 2.08. The Morgan fingerprint density at radius 1 is 0.842 bits per heavy atom. The minimum Gasteiger partial charge on any atom is -0.306 e. The molecule has 1 nitrogen and oxygen atoms in total. The van der Waals surface area contributed by atoms with Gasteiger partial charge in [-0.2, -0.15) is 0 Å². The molecule has 2 aromatic carbocycles. The van der Waals surface area contributed by atoms with E-state index in [2.05, 4.69) is 74.6 Å². The lowest BCUT2D eigenvalue weighted by Gasteiger charge is -2.18. The fourth-order valence-electron chi connectivity index (χ4n) is 2.24. The third-order valence-corrected chi connectivity index (χ3v) is 3.56. The van der Waals surface area contributed by atoms with Crippen molar-refractivity contribution in [1.82, 2.24) is 5.32 Å². The Bertz CT molecular complexity index is 496. The van der Waals surface area contributed by atoms with Gasteiger partial charge in [0, 0.05) is 12.6 Å². The minimum absolute atomic E-state index is 0.432. The first-order valence-corrected chi connectivity index (χ1v) is 7.04. The Hall–Kier alpha value is -1.60. The molecule has 0 aliphatic carbocycles. The van der Waals surface area contributed by atoms with E-state index in [1.807, 2.05) is 0 Å². The predicted molar refractivity (Wildman–Crippen MR) is 82.2 cm³/mol. The molecule has 0 saturated heterocycles. The summed E-state index contributed by atoms with van der Waals surface area (Å²) in [5, 5.41) is 3.64. The van der Waals surface area contributed by atoms with Crippen LogP contribution in [0.3, 0.4) is 0 Å². The zero-order valence-electron chi connectivity index (χ0n) is 12.1. The SMILES string of the molecule is CCC(NCc1ccc(C)cc1)c1ccc(C)cc1. The average molecular weight is 253 g/mol. The summed E-state index contributed by atoms with van der Waals surface area (Å²) in [6, 6.07) is 18.0. The summed E-state index contributed by atoms with van der Waals surface area (Å²) >= 11 is 0. The fraction of sp³-hybridized carbons (Fsp3) is 0.333. The maximum absolute atomic E-state index is 3.64. The zero-order chi connectivity index (χ0) is 13.7. The van der Waals surface area contributed by atoms with E-state index in [1.165, 1.54) is 22.3 Å². The molecule has 0 radical (unpaired) electrons. The normalized spacial score (nSPS) is 12.4. The molecule has 2 rings (SSSR count). The van der Waals surface area contributed by atoms with Gasteiger partial charge in [0.15, 0.2) is 0 Å². The molecule has 0 amide bonds. The summed E-state index contributed by atoms with van der Waals surface area (Å²) in [4.78, 5) is 0. The van der Waals surface area contributed by atoms with Crippen LogP contribution in [0.4, 0.5) is 0 Å². The van der Waals surface area contributed by atoms with Crippen LogP contribution in [-0.2, 0) is 6.54 Å². The van der Waals surface area contributed by atoms with Crippen LogP contribution in [0.1, 0.15) is 41.6 Å². The molecule has 1 N–H and O–H groups in total. The summed E-state index contributed by atoms with van der Waals surface area (Å²) < 4.78 is 0. The van der Waals surface area contributed by atoms with Gasteiger partial charge in [-0.15, -0.1) is 0 Å². The Labute approximate surface area is 116 Å². The van der Waals surface area contributed by atoms with Crippen LogP contribution < -0.4 is 5.32 Å². The number of hydrogen-bond donors (Lipinski definition) is 1. The van der Waals surface area contributed by atoms with E-state index >= 15 is 0 Å². The molecule has 0 fully saturated rings. The first-order chi connectivity index (χ1) is 9.19. The first kappa shape index (κ1) is 13.8. The molecule has 1 unspecified atom stereocenters. The van der Waals surface area contributed by atoms with Gasteiger partial charge in [0.25, 0.3) is 0 Å². The van der Waals surface area contributed by atoms with Crippen molar-refractivity contribution in [2.75, 3.05) is 0 Å². The van der Waals surface area contributed by atoms with Gasteiger partial charge in [0.2, 0.25) is 0 Å². The highest BCUT2D eigenvalue weighted by atomic mass is 14.9. The van der Waals surface area contributed by atoms with Crippen molar-refractivity contribution >= 4 is 0 Å². The standard InChI is InChI=1S/C18H23N/c1-4-18(17-11-7-15(3)8-12-17)19-13-16-9-5-14(2)6-10-16/h5-12,18-19H,4,13H2,1-3H3. The molecule has 1 heteroatoms. The average Bonchev–Trinajstić information content (AvgIpc) is 2.43. The summed E-state index contributed by atoms with van der Waals surface area (Å²) in [6.07, 6.45) is 1.11. The highest BCUT2D eigenvalue weighted by molar-refractivity contribution is 5.25. The summed E-state index contributed by atoms with van der Waals surface area (Å²) in [7, 11) is 0. The molecule has 0 spiro atoms. The maximum Gasteiger partial charge on any atom is 0.0320 e. The van der Waals surface area contributed by atoms with E-state index in [1.54, 1.807) is 0 Å². The summed E-state index contributed by atoms with van der Waals surface area (Å²) in [5.41, 5.74) is 5.35. The molecule has 100 valence electrons. The molecular formula is C18H23N. The lowest BCUT2D eigenvalue weighted by molar-refractivity contribution is 0.519. The second kappa shape index (κ2) is 6.53. The van der Waals surface area contributed by atoms with Crippen LogP contribution in [0.25, 0.3) is 0 Å². The summed E-state index contributed by atoms with van der Waals surface area (Å²) in [6.45, 7) is 7.40. The first-order valence-electron chi connectivity index (χ1n) is 7.04. The van der Waals surface area contributed by atoms with E-state index in [9.17, 15) is 0 Å². The van der Waals surface area contributed by atoms with Crippen LogP contribution in [0, 0.1) is 13.8 Å². The van der Waals surface area contributed by atoms with Gasteiger partial charge < -0.3 is 5.32 Å². The van der Waals surface area contributed by atoms with Crippen molar-refractivity contribution in [3.63, 3.8) is 0 Å². The Balaban J connectivity index is 1.99. The zero-order valence-corrected chi connectivity index (χ0v) is 12.1. The van der Waals surface area contributed by atoms with Gasteiger partial charge in [-0.05, 0) is 31.4 Å². The van der Waals surface area contributed by atoms with Crippen LogP contribution in [0.15, 0.2) is 48.5 Å². The van der Waals surface area contributed by atoms with E-state index < -0.39 is 0 Å². The number of nitrogens with one attached hydrogen (secondary N) is 1. The van der Waals surface area contributed by atoms with Gasteiger partial charge in [-0.25, -0.2) is 0 Å². The molecule has 0 saturated carbocycles. The molecule has 2 aromatic rings. The monoisotopic (exact) mass is 253 g/mol. The molecule has 0 aliphatic rings. The molecule has 0 aromatic heterocycles. The van der Waals surface area contributed by atoms with Crippen LogP contribution in [-0.4, -0.2) is 0 Å². The van der Waals surface area contributed by atoms with Gasteiger partial charge in [0.1, 0.15) is 0 Å². The Morgan fingerprint density at radius 3 is 1.89 bits per heavy atom. The lowest BCUT2D eigenvalue weighted by atomic mass is 10.0. The van der Waals surface area contributed by atoms with Crippen LogP contribution >= 0.6 is 0 Å². The van der Waals surface area contributed by atoms with Crippen molar-refractivity contribution in [2.45, 2.75) is 39.8 Å². The van der Waals surface area contributed by atoms with Gasteiger partial charge in [0.05, 0.1) is 0 Å². The Kier molecular flexibility index (Phi) is 4.75. The van der Waals surface area contributed by atoms with E-state index in [0.717, 1.165) is 13.0 Å². The third-order valence-electron chi connectivity index (χ3n) is 3.56. The highest BCUT2D eigenvalue weighted by Crippen LogP contribution is 2.18. The number of benzene rings is 2. The van der Waals surface area contributed by atoms with Crippen molar-refractivity contribution in [3.8, 4) is 0 Å². The number of rotatable bonds is 5. The number of aryl methyl sites for hydroxylation is 2. The second-order valence-corrected chi connectivity index (χ2v) is 5.24. The van der Waals surface area contributed by atoms with Gasteiger partial charge >= 0.3 is 0 Å². The molecule has 1 atom stereocenters. The fourth-order valence-corrected chi connectivity index (χ4v) is 2.24. The van der Waals surface area contributed by atoms with E-state index in [4.69, 9.17) is 0 Å². The van der Waals surface area contributed by atoms with Crippen molar-refractivity contribution in [3.05, 3.63) is 70.8 Å². The molecule has 19 heavy (non-hydrogen) atoms. The molecule has 0 aliphatic heterocycles. The molecule has 0 bridgehead atoms. The van der Waals surface area contributed by atoms with E-state index in [0.29, 0.717) is 6.04 Å². The summed E-state index contributed by atoms with van der Waals surface area (Å²) in [5.74, 6) is 0. The largest absolute Gasteiger partial charge is 0.306 e. The van der Waals surface area contributed by atoms with Crippen molar-refractivity contribution < 1.29 is 0 Å². The topological polar surface area (TPSA) is 12.0 Å². The number of hydrogen-bond acceptors (Lipinski definition) is 1. The van der Waals surface area contributed by atoms with Crippen molar-refractivity contribution in [1.29, 1.82) is 0 Å². The maximum atomic E-state index is 3.64. The van der Waals surface area contributed by atoms with Crippen molar-refractivity contribution in [2.24, 2.45) is 0 Å². The van der Waals surface area contributed by atoms with Gasteiger partial charge in [-0.1, -0.05) is 66.6 Å². The van der Waals surface area contributed by atoms with Gasteiger partial charge in [-0.3, -0.25) is 0 Å². The quantitative estimate of drug-likeness (QED) is 0.824. The van der Waals surface area contributed by atoms with Crippen LogP contribution in [0.2, 0.25) is 0 Å². The Morgan fingerprint density at radius 2 is 1.37 bits per heavy atom. The van der Waals surface area contributed by atoms with Crippen LogP contribution in [0.5, 0.6) is 0 Å². The third kappa shape index (κ3) is 3.93. The molecule has 0 heterocycles. The minimum atomic E-state index is 0.432. The lowest BCUT2D eigenvalue weighted by Crippen LogP contribution is -2.20. The smallest absolute Gasteiger partial charge is 0.0320 e. The predicted octanol–water partition coefficient (Wildman–Crippen LogP) is 4.54.